The molecule has 0 saturated heterocycles. The maximum Gasteiger partial charge on any atom is 0.0448 e. The molecule has 2 rings (SSSR count). The molecule has 2 nitrogen and oxygen atoms in total. The summed E-state index contributed by atoms with van der Waals surface area (Å²) in [7, 11) is 0. The minimum atomic E-state index is 0.0910. The van der Waals surface area contributed by atoms with E-state index in [4.69, 9.17) is 5.11 Å². The summed E-state index contributed by atoms with van der Waals surface area (Å²) in [4.78, 5) is 2.44. The van der Waals surface area contributed by atoms with Gasteiger partial charge in [0.1, 0.15) is 0 Å². The molecule has 0 unspecified atom stereocenters. The second-order valence-corrected chi connectivity index (χ2v) is 4.91. The van der Waals surface area contributed by atoms with Crippen molar-refractivity contribution in [2.24, 2.45) is 0 Å². The molecule has 1 aliphatic rings. The fourth-order valence-electron chi connectivity index (χ4n) is 2.19. The number of rotatable bonds is 3. The van der Waals surface area contributed by atoms with Gasteiger partial charge in [-0.3, -0.25) is 4.90 Å². The van der Waals surface area contributed by atoms with Crippen LogP contribution in [-0.4, -0.2) is 22.2 Å². The number of nitrogens with zero attached hydrogens (tertiary/aromatic N) is 1. The number of aliphatic hydroxyl groups is 1. The van der Waals surface area contributed by atoms with E-state index in [-0.39, 0.29) is 12.1 Å². The molecule has 0 fully saturated rings. The minimum Gasteiger partial charge on any atom is -0.396 e. The Labute approximate surface area is 91.5 Å². The van der Waals surface area contributed by atoms with Crippen molar-refractivity contribution in [1.82, 2.24) is 4.90 Å². The molecule has 15 heavy (non-hydrogen) atoms. The molecule has 0 saturated carbocycles. The Balaban J connectivity index is 2.13. The van der Waals surface area contributed by atoms with Crippen LogP contribution in [0.1, 0.15) is 31.4 Å². The van der Waals surface area contributed by atoms with Crippen molar-refractivity contribution in [2.75, 3.05) is 6.61 Å². The number of hydrogen-bond donors (Lipinski definition) is 1. The molecule has 0 bridgehead atoms. The highest BCUT2D eigenvalue weighted by molar-refractivity contribution is 5.30. The Hall–Kier alpha value is -0.860. The van der Waals surface area contributed by atoms with Gasteiger partial charge in [-0.15, -0.1) is 0 Å². The van der Waals surface area contributed by atoms with Crippen LogP contribution >= 0.6 is 0 Å². The first kappa shape index (κ1) is 10.7. The number of aliphatic hydroxyl groups excluding tert-OH is 1. The maximum atomic E-state index is 9.05. The summed E-state index contributed by atoms with van der Waals surface area (Å²) < 4.78 is 0. The average Bonchev–Trinajstić information content (AvgIpc) is 2.61. The predicted molar refractivity (Wildman–Crippen MR) is 61.5 cm³/mol. The Morgan fingerprint density at radius 1 is 1.20 bits per heavy atom. The molecule has 0 amide bonds. The third-order valence-electron chi connectivity index (χ3n) is 3.42. The van der Waals surface area contributed by atoms with Crippen molar-refractivity contribution < 1.29 is 5.11 Å². The Kier molecular flexibility index (Phi) is 2.81. The fourth-order valence-corrected chi connectivity index (χ4v) is 2.19. The van der Waals surface area contributed by atoms with Gasteiger partial charge in [0.15, 0.2) is 0 Å². The van der Waals surface area contributed by atoms with Gasteiger partial charge in [-0.05, 0) is 31.4 Å². The van der Waals surface area contributed by atoms with E-state index in [1.807, 2.05) is 0 Å². The van der Waals surface area contributed by atoms with Crippen LogP contribution < -0.4 is 0 Å². The molecule has 0 spiro atoms. The van der Waals surface area contributed by atoms with Crippen LogP contribution in [0.25, 0.3) is 0 Å². The molecule has 0 aliphatic carbocycles. The summed E-state index contributed by atoms with van der Waals surface area (Å²) in [6, 6.07) is 8.59. The number of benzene rings is 1. The van der Waals surface area contributed by atoms with Crippen molar-refractivity contribution in [2.45, 2.75) is 38.9 Å². The van der Waals surface area contributed by atoms with E-state index in [0.717, 1.165) is 19.5 Å². The van der Waals surface area contributed by atoms with E-state index in [2.05, 4.69) is 43.0 Å². The summed E-state index contributed by atoms with van der Waals surface area (Å²) in [5.41, 5.74) is 2.96. The van der Waals surface area contributed by atoms with Crippen LogP contribution in [0, 0.1) is 0 Å². The molecule has 2 heteroatoms. The van der Waals surface area contributed by atoms with Gasteiger partial charge in [0, 0.05) is 25.2 Å². The second-order valence-electron chi connectivity index (χ2n) is 4.91. The van der Waals surface area contributed by atoms with E-state index in [1.54, 1.807) is 0 Å². The number of hydrogen-bond acceptors (Lipinski definition) is 2. The van der Waals surface area contributed by atoms with Gasteiger partial charge in [-0.1, -0.05) is 24.3 Å². The topological polar surface area (TPSA) is 23.5 Å². The van der Waals surface area contributed by atoms with Crippen molar-refractivity contribution in [3.63, 3.8) is 0 Å². The Morgan fingerprint density at radius 3 is 2.20 bits per heavy atom. The van der Waals surface area contributed by atoms with Crippen LogP contribution in [0.15, 0.2) is 24.3 Å². The molecule has 1 N–H and O–H groups in total. The lowest BCUT2D eigenvalue weighted by atomic mass is 9.99. The van der Waals surface area contributed by atoms with Crippen LogP contribution in [0.2, 0.25) is 0 Å². The largest absolute Gasteiger partial charge is 0.396 e. The zero-order chi connectivity index (χ0) is 10.9. The van der Waals surface area contributed by atoms with Crippen LogP contribution in [0.4, 0.5) is 0 Å². The maximum absolute atomic E-state index is 9.05. The van der Waals surface area contributed by atoms with E-state index in [9.17, 15) is 0 Å². The molecule has 0 aromatic heterocycles. The molecule has 1 aromatic rings. The highest BCUT2D eigenvalue weighted by Crippen LogP contribution is 2.30. The molecule has 1 aromatic carbocycles. The molecule has 1 aliphatic heterocycles. The Morgan fingerprint density at radius 2 is 1.73 bits per heavy atom. The average molecular weight is 205 g/mol. The minimum absolute atomic E-state index is 0.0910. The smallest absolute Gasteiger partial charge is 0.0448 e. The SMILES string of the molecule is CC(C)(CCO)N1Cc2ccccc2C1. The van der Waals surface area contributed by atoms with E-state index in [0.29, 0.717) is 0 Å². The quantitative estimate of drug-likeness (QED) is 0.817. The van der Waals surface area contributed by atoms with Crippen molar-refractivity contribution in [3.05, 3.63) is 35.4 Å². The van der Waals surface area contributed by atoms with Crippen LogP contribution in [0.3, 0.4) is 0 Å². The second kappa shape index (κ2) is 3.95. The summed E-state index contributed by atoms with van der Waals surface area (Å²) in [6.45, 7) is 6.70. The van der Waals surface area contributed by atoms with Crippen molar-refractivity contribution in [1.29, 1.82) is 0 Å². The monoisotopic (exact) mass is 205 g/mol. The lowest BCUT2D eigenvalue weighted by molar-refractivity contribution is 0.0873. The van der Waals surface area contributed by atoms with E-state index in [1.165, 1.54) is 11.1 Å². The molecular weight excluding hydrogens is 186 g/mol. The summed E-state index contributed by atoms with van der Waals surface area (Å²) >= 11 is 0. The highest BCUT2D eigenvalue weighted by Gasteiger charge is 2.30. The van der Waals surface area contributed by atoms with Crippen molar-refractivity contribution in [3.8, 4) is 0 Å². The first-order chi connectivity index (χ1) is 7.13. The molecular formula is C13H19NO. The highest BCUT2D eigenvalue weighted by atomic mass is 16.3. The molecule has 82 valence electrons. The van der Waals surface area contributed by atoms with Gasteiger partial charge in [0.2, 0.25) is 0 Å². The van der Waals surface area contributed by atoms with Gasteiger partial charge in [0.25, 0.3) is 0 Å². The summed E-state index contributed by atoms with van der Waals surface area (Å²) in [5.74, 6) is 0. The third-order valence-corrected chi connectivity index (χ3v) is 3.42. The van der Waals surface area contributed by atoms with Gasteiger partial charge in [-0.2, -0.15) is 0 Å². The molecule has 1 heterocycles. The third kappa shape index (κ3) is 2.06. The van der Waals surface area contributed by atoms with E-state index < -0.39 is 0 Å². The number of fused-ring (bicyclic) bond motifs is 1. The summed E-state index contributed by atoms with van der Waals surface area (Å²) in [6.07, 6.45) is 0.834. The van der Waals surface area contributed by atoms with Gasteiger partial charge in [-0.25, -0.2) is 0 Å². The normalized spacial score (nSPS) is 16.7. The van der Waals surface area contributed by atoms with Gasteiger partial charge >= 0.3 is 0 Å². The van der Waals surface area contributed by atoms with Crippen LogP contribution in [0.5, 0.6) is 0 Å². The first-order valence-electron chi connectivity index (χ1n) is 5.56. The van der Waals surface area contributed by atoms with Crippen molar-refractivity contribution >= 4 is 0 Å². The predicted octanol–water partition coefficient (Wildman–Crippen LogP) is 2.16. The Bertz CT molecular complexity index is 321. The van der Waals surface area contributed by atoms with E-state index >= 15 is 0 Å². The standard InChI is InChI=1S/C13H19NO/c1-13(2,7-8-15)14-9-11-5-3-4-6-12(11)10-14/h3-6,15H,7-10H2,1-2H3. The molecule has 0 radical (unpaired) electrons. The lowest BCUT2D eigenvalue weighted by Gasteiger charge is -2.34. The fraction of sp³-hybridized carbons (Fsp3) is 0.538. The zero-order valence-corrected chi connectivity index (χ0v) is 9.53. The first-order valence-corrected chi connectivity index (χ1v) is 5.56. The van der Waals surface area contributed by atoms with Gasteiger partial charge < -0.3 is 5.11 Å². The lowest BCUT2D eigenvalue weighted by Crippen LogP contribution is -2.40. The van der Waals surface area contributed by atoms with Crippen LogP contribution in [-0.2, 0) is 13.1 Å². The summed E-state index contributed by atoms with van der Waals surface area (Å²) in [5, 5.41) is 9.05. The molecule has 0 atom stereocenters. The zero-order valence-electron chi connectivity index (χ0n) is 9.53. The van der Waals surface area contributed by atoms with Gasteiger partial charge in [0.05, 0.1) is 0 Å².